The molecule has 1 aromatic carbocycles. The van der Waals surface area contributed by atoms with Crippen molar-refractivity contribution in [3.63, 3.8) is 0 Å². The van der Waals surface area contributed by atoms with E-state index >= 15 is 0 Å². The molecule has 16 heavy (non-hydrogen) atoms. The highest BCUT2D eigenvalue weighted by atomic mass is 35.5. The summed E-state index contributed by atoms with van der Waals surface area (Å²) in [6, 6.07) is 5.84. The highest BCUT2D eigenvalue weighted by Gasteiger charge is 2.23. The number of rotatable bonds is 5. The molecule has 0 heterocycles. The molecule has 0 aliphatic carbocycles. The van der Waals surface area contributed by atoms with Crippen LogP contribution in [0.3, 0.4) is 0 Å². The SMILES string of the molecule is CCC(C)(CNC)Cc1cccc(Cl)c1Cl. The third kappa shape index (κ3) is 3.38. The first-order valence-corrected chi connectivity index (χ1v) is 6.35. The van der Waals surface area contributed by atoms with E-state index in [1.165, 1.54) is 0 Å². The lowest BCUT2D eigenvalue weighted by atomic mass is 9.81. The number of benzene rings is 1. The van der Waals surface area contributed by atoms with Crippen LogP contribution >= 0.6 is 23.2 Å². The Labute approximate surface area is 108 Å². The van der Waals surface area contributed by atoms with Crippen LogP contribution in [0.1, 0.15) is 25.8 Å². The molecular formula is C13H19Cl2N. The van der Waals surface area contributed by atoms with Crippen molar-refractivity contribution in [1.29, 1.82) is 0 Å². The summed E-state index contributed by atoms with van der Waals surface area (Å²) in [6.07, 6.45) is 2.06. The molecule has 0 aliphatic heterocycles. The molecule has 0 saturated heterocycles. The second kappa shape index (κ2) is 5.90. The number of hydrogen-bond donors (Lipinski definition) is 1. The maximum absolute atomic E-state index is 6.20. The molecule has 0 spiro atoms. The molecule has 1 rings (SSSR count). The van der Waals surface area contributed by atoms with Gasteiger partial charge in [-0.2, -0.15) is 0 Å². The minimum Gasteiger partial charge on any atom is -0.319 e. The van der Waals surface area contributed by atoms with Gasteiger partial charge in [-0.1, -0.05) is 49.2 Å². The Morgan fingerprint density at radius 2 is 2.00 bits per heavy atom. The van der Waals surface area contributed by atoms with Crippen molar-refractivity contribution in [3.8, 4) is 0 Å². The Morgan fingerprint density at radius 1 is 1.31 bits per heavy atom. The molecule has 0 aliphatic rings. The molecule has 0 bridgehead atoms. The monoisotopic (exact) mass is 259 g/mol. The van der Waals surface area contributed by atoms with E-state index < -0.39 is 0 Å². The van der Waals surface area contributed by atoms with E-state index in [2.05, 4.69) is 25.2 Å². The van der Waals surface area contributed by atoms with Crippen LogP contribution in [0.2, 0.25) is 10.0 Å². The Morgan fingerprint density at radius 3 is 2.56 bits per heavy atom. The molecular weight excluding hydrogens is 241 g/mol. The summed E-state index contributed by atoms with van der Waals surface area (Å²) in [6.45, 7) is 5.45. The van der Waals surface area contributed by atoms with E-state index in [0.29, 0.717) is 10.0 Å². The van der Waals surface area contributed by atoms with Gasteiger partial charge in [0.05, 0.1) is 10.0 Å². The van der Waals surface area contributed by atoms with E-state index in [1.807, 2.05) is 19.2 Å². The highest BCUT2D eigenvalue weighted by Crippen LogP contribution is 2.32. The van der Waals surface area contributed by atoms with Gasteiger partial charge >= 0.3 is 0 Å². The summed E-state index contributed by atoms with van der Waals surface area (Å²) in [4.78, 5) is 0. The Kier molecular flexibility index (Phi) is 5.10. The van der Waals surface area contributed by atoms with Crippen LogP contribution in [0.5, 0.6) is 0 Å². The molecule has 1 aromatic rings. The van der Waals surface area contributed by atoms with Gasteiger partial charge in [-0.25, -0.2) is 0 Å². The van der Waals surface area contributed by atoms with Gasteiger partial charge in [-0.3, -0.25) is 0 Å². The maximum atomic E-state index is 6.20. The lowest BCUT2D eigenvalue weighted by Gasteiger charge is -2.28. The van der Waals surface area contributed by atoms with Gasteiger partial charge in [-0.05, 0) is 36.9 Å². The molecule has 3 heteroatoms. The first-order chi connectivity index (χ1) is 7.52. The predicted octanol–water partition coefficient (Wildman–Crippen LogP) is 4.17. The van der Waals surface area contributed by atoms with Crippen LogP contribution in [0.25, 0.3) is 0 Å². The molecule has 0 saturated carbocycles. The Balaban J connectivity index is 2.90. The quantitative estimate of drug-likeness (QED) is 0.837. The Hall–Kier alpha value is -0.240. The summed E-state index contributed by atoms with van der Waals surface area (Å²) in [7, 11) is 1.98. The van der Waals surface area contributed by atoms with E-state index in [0.717, 1.165) is 24.9 Å². The fourth-order valence-electron chi connectivity index (χ4n) is 1.88. The second-order valence-corrected chi connectivity index (χ2v) is 5.37. The fraction of sp³-hybridized carbons (Fsp3) is 0.538. The van der Waals surface area contributed by atoms with Gasteiger partial charge in [0.1, 0.15) is 0 Å². The van der Waals surface area contributed by atoms with Gasteiger partial charge in [0, 0.05) is 6.54 Å². The van der Waals surface area contributed by atoms with Crippen LogP contribution < -0.4 is 5.32 Å². The summed E-state index contributed by atoms with van der Waals surface area (Å²) in [5.41, 5.74) is 1.36. The van der Waals surface area contributed by atoms with Gasteiger partial charge < -0.3 is 5.32 Å². The number of halogens is 2. The zero-order chi connectivity index (χ0) is 12.2. The van der Waals surface area contributed by atoms with E-state index in [1.54, 1.807) is 0 Å². The van der Waals surface area contributed by atoms with Gasteiger partial charge in [0.25, 0.3) is 0 Å². The second-order valence-electron chi connectivity index (χ2n) is 4.58. The standard InChI is InChI=1S/C13H19Cl2N/c1-4-13(2,9-16-3)8-10-6-5-7-11(14)12(10)15/h5-7,16H,4,8-9H2,1-3H3. The average Bonchev–Trinajstić information content (AvgIpc) is 2.25. The van der Waals surface area contributed by atoms with Gasteiger partial charge in [0.15, 0.2) is 0 Å². The first-order valence-electron chi connectivity index (χ1n) is 5.60. The summed E-state index contributed by atoms with van der Waals surface area (Å²) >= 11 is 12.2. The zero-order valence-electron chi connectivity index (χ0n) is 10.1. The van der Waals surface area contributed by atoms with Crippen LogP contribution in [0.15, 0.2) is 18.2 Å². The molecule has 0 fully saturated rings. The highest BCUT2D eigenvalue weighted by molar-refractivity contribution is 6.42. The van der Waals surface area contributed by atoms with Crippen molar-refractivity contribution >= 4 is 23.2 Å². The molecule has 0 radical (unpaired) electrons. The Bertz CT molecular complexity index is 352. The summed E-state index contributed by atoms with van der Waals surface area (Å²) < 4.78 is 0. The molecule has 90 valence electrons. The van der Waals surface area contributed by atoms with Crippen LogP contribution in [-0.4, -0.2) is 13.6 Å². The molecule has 0 aromatic heterocycles. The molecule has 0 amide bonds. The largest absolute Gasteiger partial charge is 0.319 e. The van der Waals surface area contributed by atoms with Gasteiger partial charge in [-0.15, -0.1) is 0 Å². The topological polar surface area (TPSA) is 12.0 Å². The smallest absolute Gasteiger partial charge is 0.0624 e. The van der Waals surface area contributed by atoms with E-state index in [4.69, 9.17) is 23.2 Å². The zero-order valence-corrected chi connectivity index (χ0v) is 11.6. The normalized spacial score (nSPS) is 14.8. The molecule has 1 unspecified atom stereocenters. The van der Waals surface area contributed by atoms with Crippen molar-refractivity contribution in [2.24, 2.45) is 5.41 Å². The van der Waals surface area contributed by atoms with Gasteiger partial charge in [0.2, 0.25) is 0 Å². The van der Waals surface area contributed by atoms with Crippen LogP contribution in [0, 0.1) is 5.41 Å². The van der Waals surface area contributed by atoms with Crippen molar-refractivity contribution in [1.82, 2.24) is 5.32 Å². The number of hydrogen-bond acceptors (Lipinski definition) is 1. The third-order valence-corrected chi connectivity index (χ3v) is 3.96. The fourth-order valence-corrected chi connectivity index (χ4v) is 2.27. The lowest BCUT2D eigenvalue weighted by molar-refractivity contribution is 0.299. The first kappa shape index (κ1) is 13.8. The van der Waals surface area contributed by atoms with Crippen LogP contribution in [-0.2, 0) is 6.42 Å². The van der Waals surface area contributed by atoms with E-state index in [9.17, 15) is 0 Å². The van der Waals surface area contributed by atoms with Crippen LogP contribution in [0.4, 0.5) is 0 Å². The minimum atomic E-state index is 0.225. The van der Waals surface area contributed by atoms with E-state index in [-0.39, 0.29) is 5.41 Å². The minimum absolute atomic E-state index is 0.225. The van der Waals surface area contributed by atoms with Crippen molar-refractivity contribution in [2.45, 2.75) is 26.7 Å². The number of nitrogens with one attached hydrogen (secondary N) is 1. The summed E-state index contributed by atoms with van der Waals surface area (Å²) in [5, 5.41) is 4.57. The van der Waals surface area contributed by atoms with Crippen molar-refractivity contribution < 1.29 is 0 Å². The third-order valence-electron chi connectivity index (χ3n) is 3.11. The summed E-state index contributed by atoms with van der Waals surface area (Å²) in [5.74, 6) is 0. The average molecular weight is 260 g/mol. The van der Waals surface area contributed by atoms with Crippen molar-refractivity contribution in [2.75, 3.05) is 13.6 Å². The molecule has 1 atom stereocenters. The maximum Gasteiger partial charge on any atom is 0.0624 e. The molecule has 1 nitrogen and oxygen atoms in total. The lowest BCUT2D eigenvalue weighted by Crippen LogP contribution is -2.31. The van der Waals surface area contributed by atoms with Crippen molar-refractivity contribution in [3.05, 3.63) is 33.8 Å². The predicted molar refractivity (Wildman–Crippen MR) is 72.5 cm³/mol. The molecule has 1 N–H and O–H groups in total.